The van der Waals surface area contributed by atoms with Crippen molar-refractivity contribution in [2.45, 2.75) is 33.1 Å². The Morgan fingerprint density at radius 3 is 2.94 bits per heavy atom. The average molecular weight is 241 g/mol. The minimum Gasteiger partial charge on any atom is -0.330 e. The predicted octanol–water partition coefficient (Wildman–Crippen LogP) is 1.96. The molecule has 1 heterocycles. The van der Waals surface area contributed by atoms with Gasteiger partial charge in [0.05, 0.1) is 5.01 Å². The van der Waals surface area contributed by atoms with Crippen molar-refractivity contribution in [1.82, 2.24) is 10.3 Å². The Hall–Kier alpha value is -0.450. The van der Waals surface area contributed by atoms with Crippen LogP contribution in [0.1, 0.15) is 30.5 Å². The number of thiazole rings is 1. The van der Waals surface area contributed by atoms with Gasteiger partial charge in [0.15, 0.2) is 0 Å². The SMILES string of the molecule is Cc1csc(CCNCCCC(C)CN)n1. The number of rotatable bonds is 8. The molecule has 1 rings (SSSR count). The summed E-state index contributed by atoms with van der Waals surface area (Å²) in [5.41, 5.74) is 6.70. The van der Waals surface area contributed by atoms with Gasteiger partial charge in [-0.05, 0) is 38.8 Å². The molecule has 1 aromatic heterocycles. The summed E-state index contributed by atoms with van der Waals surface area (Å²) in [7, 11) is 0. The number of nitrogens with two attached hydrogens (primary N) is 1. The molecule has 1 unspecified atom stereocenters. The lowest BCUT2D eigenvalue weighted by molar-refractivity contribution is 0.502. The molecule has 0 bridgehead atoms. The average Bonchev–Trinajstić information content (AvgIpc) is 2.69. The van der Waals surface area contributed by atoms with Crippen LogP contribution in [0, 0.1) is 12.8 Å². The van der Waals surface area contributed by atoms with Crippen molar-refractivity contribution in [3.8, 4) is 0 Å². The fraction of sp³-hybridized carbons (Fsp3) is 0.750. The normalized spacial score (nSPS) is 12.9. The highest BCUT2D eigenvalue weighted by Gasteiger charge is 1.99. The molecule has 92 valence electrons. The van der Waals surface area contributed by atoms with Crippen LogP contribution in [0.25, 0.3) is 0 Å². The van der Waals surface area contributed by atoms with Crippen molar-refractivity contribution in [3.05, 3.63) is 16.1 Å². The van der Waals surface area contributed by atoms with Crippen LogP contribution in [0.15, 0.2) is 5.38 Å². The zero-order chi connectivity index (χ0) is 11.8. The molecule has 0 aliphatic heterocycles. The van der Waals surface area contributed by atoms with E-state index in [1.807, 2.05) is 6.92 Å². The van der Waals surface area contributed by atoms with Crippen LogP contribution in [0.5, 0.6) is 0 Å². The molecule has 0 saturated carbocycles. The number of hydrogen-bond acceptors (Lipinski definition) is 4. The quantitative estimate of drug-likeness (QED) is 0.684. The summed E-state index contributed by atoms with van der Waals surface area (Å²) < 4.78 is 0. The molecule has 0 spiro atoms. The van der Waals surface area contributed by atoms with Gasteiger partial charge in [0.2, 0.25) is 0 Å². The third-order valence-electron chi connectivity index (χ3n) is 2.64. The lowest BCUT2D eigenvalue weighted by Gasteiger charge is -2.08. The molecular weight excluding hydrogens is 218 g/mol. The zero-order valence-corrected chi connectivity index (χ0v) is 11.1. The van der Waals surface area contributed by atoms with E-state index in [2.05, 4.69) is 22.6 Å². The summed E-state index contributed by atoms with van der Waals surface area (Å²) in [5, 5.41) is 6.79. The molecule has 3 N–H and O–H groups in total. The van der Waals surface area contributed by atoms with Gasteiger partial charge in [0.25, 0.3) is 0 Å². The summed E-state index contributed by atoms with van der Waals surface area (Å²) in [6.45, 7) is 7.18. The third-order valence-corrected chi connectivity index (χ3v) is 3.66. The highest BCUT2D eigenvalue weighted by molar-refractivity contribution is 7.09. The standard InChI is InChI=1S/C12H23N3S/c1-10(8-13)4-3-6-14-7-5-12-15-11(2)9-16-12/h9-10,14H,3-8,13H2,1-2H3. The van der Waals surface area contributed by atoms with Crippen molar-refractivity contribution in [3.63, 3.8) is 0 Å². The van der Waals surface area contributed by atoms with Crippen LogP contribution < -0.4 is 11.1 Å². The topological polar surface area (TPSA) is 50.9 Å². The van der Waals surface area contributed by atoms with Gasteiger partial charge in [-0.25, -0.2) is 4.98 Å². The Balaban J connectivity index is 1.96. The number of nitrogens with zero attached hydrogens (tertiary/aromatic N) is 1. The first-order chi connectivity index (χ1) is 7.72. The predicted molar refractivity (Wildman–Crippen MR) is 70.9 cm³/mol. The Morgan fingerprint density at radius 2 is 2.31 bits per heavy atom. The summed E-state index contributed by atoms with van der Waals surface area (Å²) in [6, 6.07) is 0. The largest absolute Gasteiger partial charge is 0.330 e. The van der Waals surface area contributed by atoms with Crippen LogP contribution in [0.3, 0.4) is 0 Å². The van der Waals surface area contributed by atoms with E-state index in [-0.39, 0.29) is 0 Å². The molecule has 3 nitrogen and oxygen atoms in total. The minimum atomic E-state index is 0.656. The monoisotopic (exact) mass is 241 g/mol. The van der Waals surface area contributed by atoms with Crippen LogP contribution >= 0.6 is 11.3 Å². The molecule has 1 aromatic rings. The van der Waals surface area contributed by atoms with Gasteiger partial charge >= 0.3 is 0 Å². The van der Waals surface area contributed by atoms with E-state index >= 15 is 0 Å². The molecular formula is C12H23N3S. The number of nitrogens with one attached hydrogen (secondary N) is 1. The molecule has 0 fully saturated rings. The number of hydrogen-bond donors (Lipinski definition) is 2. The first-order valence-corrected chi connectivity index (χ1v) is 6.92. The second kappa shape index (κ2) is 7.76. The molecule has 16 heavy (non-hydrogen) atoms. The smallest absolute Gasteiger partial charge is 0.0940 e. The van der Waals surface area contributed by atoms with E-state index in [1.165, 1.54) is 17.8 Å². The third kappa shape index (κ3) is 5.58. The maximum absolute atomic E-state index is 5.56. The van der Waals surface area contributed by atoms with Crippen LogP contribution in [0.2, 0.25) is 0 Å². The lowest BCUT2D eigenvalue weighted by atomic mass is 10.1. The van der Waals surface area contributed by atoms with Gasteiger partial charge < -0.3 is 11.1 Å². The molecule has 0 radical (unpaired) electrons. The van der Waals surface area contributed by atoms with Crippen LogP contribution in [-0.2, 0) is 6.42 Å². The Labute approximate surface area is 102 Å². The van der Waals surface area contributed by atoms with Gasteiger partial charge in [0, 0.05) is 24.0 Å². The van der Waals surface area contributed by atoms with Gasteiger partial charge in [0.1, 0.15) is 0 Å². The first kappa shape index (κ1) is 13.6. The van der Waals surface area contributed by atoms with Gasteiger partial charge in [-0.15, -0.1) is 11.3 Å². The van der Waals surface area contributed by atoms with Crippen LogP contribution in [-0.4, -0.2) is 24.6 Å². The fourth-order valence-electron chi connectivity index (χ4n) is 1.53. The molecule has 0 aromatic carbocycles. The minimum absolute atomic E-state index is 0.656. The second-order valence-corrected chi connectivity index (χ2v) is 5.31. The Kier molecular flexibility index (Phi) is 6.61. The number of aromatic nitrogens is 1. The maximum Gasteiger partial charge on any atom is 0.0940 e. The van der Waals surface area contributed by atoms with E-state index in [4.69, 9.17) is 5.73 Å². The Morgan fingerprint density at radius 1 is 1.50 bits per heavy atom. The van der Waals surface area contributed by atoms with Gasteiger partial charge in [-0.1, -0.05) is 6.92 Å². The molecule has 0 aliphatic rings. The summed E-state index contributed by atoms with van der Waals surface area (Å²) in [5.74, 6) is 0.656. The highest BCUT2D eigenvalue weighted by atomic mass is 32.1. The first-order valence-electron chi connectivity index (χ1n) is 6.04. The lowest BCUT2D eigenvalue weighted by Crippen LogP contribution is -2.20. The molecule has 0 aliphatic carbocycles. The van der Waals surface area contributed by atoms with Crippen molar-refractivity contribution in [2.75, 3.05) is 19.6 Å². The van der Waals surface area contributed by atoms with Gasteiger partial charge in [-0.3, -0.25) is 0 Å². The molecule has 4 heteroatoms. The Bertz CT molecular complexity index is 286. The zero-order valence-electron chi connectivity index (χ0n) is 10.3. The van der Waals surface area contributed by atoms with Crippen LogP contribution in [0.4, 0.5) is 0 Å². The van der Waals surface area contributed by atoms with Crippen molar-refractivity contribution >= 4 is 11.3 Å². The molecule has 0 saturated heterocycles. The van der Waals surface area contributed by atoms with Crippen molar-refractivity contribution < 1.29 is 0 Å². The van der Waals surface area contributed by atoms with E-state index in [1.54, 1.807) is 11.3 Å². The summed E-state index contributed by atoms with van der Waals surface area (Å²) >= 11 is 1.75. The molecule has 0 amide bonds. The van der Waals surface area contributed by atoms with E-state index in [9.17, 15) is 0 Å². The second-order valence-electron chi connectivity index (χ2n) is 4.37. The van der Waals surface area contributed by atoms with E-state index in [0.29, 0.717) is 5.92 Å². The summed E-state index contributed by atoms with van der Waals surface area (Å²) in [6.07, 6.45) is 3.49. The fourth-order valence-corrected chi connectivity index (χ4v) is 2.31. The number of aryl methyl sites for hydroxylation is 1. The van der Waals surface area contributed by atoms with Gasteiger partial charge in [-0.2, -0.15) is 0 Å². The van der Waals surface area contributed by atoms with E-state index < -0.39 is 0 Å². The highest BCUT2D eigenvalue weighted by Crippen LogP contribution is 2.08. The summed E-state index contributed by atoms with van der Waals surface area (Å²) in [4.78, 5) is 4.43. The van der Waals surface area contributed by atoms with Crippen molar-refractivity contribution in [1.29, 1.82) is 0 Å². The molecule has 1 atom stereocenters. The maximum atomic E-state index is 5.56. The van der Waals surface area contributed by atoms with Crippen molar-refractivity contribution in [2.24, 2.45) is 11.7 Å². The van der Waals surface area contributed by atoms with E-state index in [0.717, 1.165) is 31.7 Å².